The normalized spacial score (nSPS) is 10.1. The molecule has 0 atom stereocenters. The van der Waals surface area contributed by atoms with Crippen molar-refractivity contribution < 1.29 is 9.53 Å². The first-order valence-corrected chi connectivity index (χ1v) is 6.86. The number of amides is 1. The van der Waals surface area contributed by atoms with Crippen LogP contribution in [-0.2, 0) is 0 Å². The van der Waals surface area contributed by atoms with Crippen LogP contribution in [0.25, 0.3) is 0 Å². The van der Waals surface area contributed by atoms with Gasteiger partial charge < -0.3 is 15.8 Å². The molecule has 0 radical (unpaired) electrons. The maximum absolute atomic E-state index is 12.3. The molecule has 2 aromatic rings. The summed E-state index contributed by atoms with van der Waals surface area (Å²) in [5.74, 6) is 0.0990. The molecule has 1 aromatic carbocycles. The van der Waals surface area contributed by atoms with Crippen molar-refractivity contribution in [1.82, 2.24) is 4.98 Å². The SMILES string of the molecule is CCOc1c(N)cccc1C(=O)Nc1cccnc1Br. The predicted octanol–water partition coefficient (Wildman–Crippen LogP) is 3.08. The lowest BCUT2D eigenvalue weighted by Crippen LogP contribution is -2.15. The Hall–Kier alpha value is -2.08. The second kappa shape index (κ2) is 6.38. The van der Waals surface area contributed by atoms with E-state index in [9.17, 15) is 4.79 Å². The van der Waals surface area contributed by atoms with Gasteiger partial charge in [-0.2, -0.15) is 0 Å². The van der Waals surface area contributed by atoms with Gasteiger partial charge in [-0.1, -0.05) is 6.07 Å². The molecular weight excluding hydrogens is 322 g/mol. The van der Waals surface area contributed by atoms with E-state index in [4.69, 9.17) is 10.5 Å². The molecule has 6 heteroatoms. The van der Waals surface area contributed by atoms with Crippen LogP contribution in [-0.4, -0.2) is 17.5 Å². The van der Waals surface area contributed by atoms with E-state index in [0.29, 0.717) is 33.9 Å². The monoisotopic (exact) mass is 335 g/mol. The van der Waals surface area contributed by atoms with Gasteiger partial charge in [0.25, 0.3) is 5.91 Å². The highest BCUT2D eigenvalue weighted by atomic mass is 79.9. The minimum absolute atomic E-state index is 0.297. The van der Waals surface area contributed by atoms with E-state index in [-0.39, 0.29) is 5.91 Å². The van der Waals surface area contributed by atoms with Crippen LogP contribution in [0.5, 0.6) is 5.75 Å². The number of benzene rings is 1. The lowest BCUT2D eigenvalue weighted by molar-refractivity contribution is 0.102. The Labute approximate surface area is 125 Å². The number of carbonyl (C=O) groups is 1. The van der Waals surface area contributed by atoms with Crippen LogP contribution in [0, 0.1) is 0 Å². The van der Waals surface area contributed by atoms with E-state index in [0.717, 1.165) is 0 Å². The molecule has 0 unspecified atom stereocenters. The summed E-state index contributed by atoms with van der Waals surface area (Å²) in [6.07, 6.45) is 1.63. The summed E-state index contributed by atoms with van der Waals surface area (Å²) in [6, 6.07) is 8.57. The van der Waals surface area contributed by atoms with Crippen LogP contribution in [0.2, 0.25) is 0 Å². The minimum atomic E-state index is -0.297. The fourth-order valence-electron chi connectivity index (χ4n) is 1.71. The van der Waals surface area contributed by atoms with Crippen LogP contribution in [0.4, 0.5) is 11.4 Å². The molecule has 1 heterocycles. The number of ether oxygens (including phenoxy) is 1. The van der Waals surface area contributed by atoms with Crippen molar-refractivity contribution in [2.75, 3.05) is 17.7 Å². The number of anilines is 2. The second-order valence-electron chi connectivity index (χ2n) is 3.95. The maximum atomic E-state index is 12.3. The third-order valence-electron chi connectivity index (χ3n) is 2.59. The van der Waals surface area contributed by atoms with Crippen LogP contribution in [0.1, 0.15) is 17.3 Å². The number of nitrogens with zero attached hydrogens (tertiary/aromatic N) is 1. The molecule has 2 rings (SSSR count). The standard InChI is InChI=1S/C14H14BrN3O2/c1-2-20-12-9(5-3-6-10(12)16)14(19)18-11-7-4-8-17-13(11)15/h3-8H,2,16H2,1H3,(H,18,19). The Bertz CT molecular complexity index is 632. The average molecular weight is 336 g/mol. The van der Waals surface area contributed by atoms with Crippen molar-refractivity contribution in [3.05, 3.63) is 46.7 Å². The molecule has 1 amide bonds. The van der Waals surface area contributed by atoms with E-state index in [2.05, 4.69) is 26.2 Å². The third kappa shape index (κ3) is 3.08. The number of aromatic nitrogens is 1. The molecule has 0 saturated heterocycles. The summed E-state index contributed by atoms with van der Waals surface area (Å²) in [4.78, 5) is 16.4. The van der Waals surface area contributed by atoms with Crippen molar-refractivity contribution in [3.8, 4) is 5.75 Å². The first kappa shape index (κ1) is 14.3. The maximum Gasteiger partial charge on any atom is 0.259 e. The molecule has 0 aliphatic carbocycles. The van der Waals surface area contributed by atoms with Crippen LogP contribution in [0.15, 0.2) is 41.1 Å². The molecule has 0 aliphatic rings. The lowest BCUT2D eigenvalue weighted by Gasteiger charge is -2.13. The lowest BCUT2D eigenvalue weighted by atomic mass is 10.1. The molecule has 0 aliphatic heterocycles. The number of pyridine rings is 1. The first-order valence-electron chi connectivity index (χ1n) is 6.06. The number of rotatable bonds is 4. The summed E-state index contributed by atoms with van der Waals surface area (Å²) in [5, 5.41) is 2.77. The highest BCUT2D eigenvalue weighted by Gasteiger charge is 2.16. The van der Waals surface area contributed by atoms with E-state index >= 15 is 0 Å². The van der Waals surface area contributed by atoms with Crippen molar-refractivity contribution in [3.63, 3.8) is 0 Å². The van der Waals surface area contributed by atoms with Crippen LogP contribution < -0.4 is 15.8 Å². The molecule has 3 N–H and O–H groups in total. The van der Waals surface area contributed by atoms with Gasteiger partial charge in [0.05, 0.1) is 23.5 Å². The van der Waals surface area contributed by atoms with Crippen molar-refractivity contribution >= 4 is 33.2 Å². The molecule has 0 bridgehead atoms. The molecule has 1 aromatic heterocycles. The average Bonchev–Trinajstić information content (AvgIpc) is 2.43. The molecule has 20 heavy (non-hydrogen) atoms. The van der Waals surface area contributed by atoms with Gasteiger partial charge in [0, 0.05) is 6.20 Å². The fourth-order valence-corrected chi connectivity index (χ4v) is 2.06. The molecular formula is C14H14BrN3O2. The molecule has 0 fully saturated rings. The quantitative estimate of drug-likeness (QED) is 0.664. The number of hydrogen-bond acceptors (Lipinski definition) is 4. The van der Waals surface area contributed by atoms with Crippen molar-refractivity contribution in [2.45, 2.75) is 6.92 Å². The number of nitrogen functional groups attached to an aromatic ring is 1. The van der Waals surface area contributed by atoms with Crippen molar-refractivity contribution in [2.24, 2.45) is 0 Å². The van der Waals surface area contributed by atoms with E-state index in [1.54, 1.807) is 36.5 Å². The second-order valence-corrected chi connectivity index (χ2v) is 4.70. The van der Waals surface area contributed by atoms with Gasteiger partial charge in [0.2, 0.25) is 0 Å². The number of para-hydroxylation sites is 1. The zero-order valence-electron chi connectivity index (χ0n) is 10.9. The van der Waals surface area contributed by atoms with Gasteiger partial charge in [-0.15, -0.1) is 0 Å². The summed E-state index contributed by atoms with van der Waals surface area (Å²) in [5.41, 5.74) is 7.25. The van der Waals surface area contributed by atoms with Crippen LogP contribution >= 0.6 is 15.9 Å². The Morgan fingerprint density at radius 2 is 2.20 bits per heavy atom. The van der Waals surface area contributed by atoms with E-state index < -0.39 is 0 Å². The summed E-state index contributed by atoms with van der Waals surface area (Å²) >= 11 is 3.28. The summed E-state index contributed by atoms with van der Waals surface area (Å²) in [7, 11) is 0. The van der Waals surface area contributed by atoms with Gasteiger partial charge in [0.1, 0.15) is 4.60 Å². The molecule has 5 nitrogen and oxygen atoms in total. The topological polar surface area (TPSA) is 77.2 Å². The summed E-state index contributed by atoms with van der Waals surface area (Å²) < 4.78 is 6.01. The number of hydrogen-bond donors (Lipinski definition) is 2. The van der Waals surface area contributed by atoms with Crippen LogP contribution in [0.3, 0.4) is 0 Å². The van der Waals surface area contributed by atoms with Gasteiger partial charge >= 0.3 is 0 Å². The van der Waals surface area contributed by atoms with Crippen molar-refractivity contribution in [1.29, 1.82) is 0 Å². The molecule has 104 valence electrons. The van der Waals surface area contributed by atoms with E-state index in [1.165, 1.54) is 0 Å². The largest absolute Gasteiger partial charge is 0.491 e. The highest BCUT2D eigenvalue weighted by Crippen LogP contribution is 2.28. The van der Waals surface area contributed by atoms with Gasteiger partial charge in [-0.3, -0.25) is 4.79 Å². The Morgan fingerprint density at radius 1 is 1.40 bits per heavy atom. The fraction of sp³-hybridized carbons (Fsp3) is 0.143. The number of nitrogens with one attached hydrogen (secondary N) is 1. The Balaban J connectivity index is 2.30. The van der Waals surface area contributed by atoms with Gasteiger partial charge in [0.15, 0.2) is 5.75 Å². The molecule has 0 saturated carbocycles. The van der Waals surface area contributed by atoms with Gasteiger partial charge in [-0.25, -0.2) is 4.98 Å². The smallest absolute Gasteiger partial charge is 0.259 e. The third-order valence-corrected chi connectivity index (χ3v) is 3.22. The van der Waals surface area contributed by atoms with Gasteiger partial charge in [-0.05, 0) is 47.1 Å². The molecule has 0 spiro atoms. The van der Waals surface area contributed by atoms with E-state index in [1.807, 2.05) is 6.92 Å². The number of nitrogens with two attached hydrogens (primary N) is 1. The zero-order chi connectivity index (χ0) is 14.5. The first-order chi connectivity index (χ1) is 9.63. The summed E-state index contributed by atoms with van der Waals surface area (Å²) in [6.45, 7) is 2.27. The number of halogens is 1. The minimum Gasteiger partial charge on any atom is -0.491 e. The Kier molecular flexibility index (Phi) is 4.57. The zero-order valence-corrected chi connectivity index (χ0v) is 12.5. The number of carbonyl (C=O) groups excluding carboxylic acids is 1. The Morgan fingerprint density at radius 3 is 2.90 bits per heavy atom. The predicted molar refractivity (Wildman–Crippen MR) is 81.9 cm³/mol. The highest BCUT2D eigenvalue weighted by molar-refractivity contribution is 9.10.